The average molecular weight is 401 g/mol. The van der Waals surface area contributed by atoms with Crippen LogP contribution in [0.4, 0.5) is 13.2 Å². The van der Waals surface area contributed by atoms with Crippen LogP contribution < -0.4 is 0 Å². The number of hydrogen-bond donors (Lipinski definition) is 0. The molecule has 0 aliphatic heterocycles. The number of alkyl halides is 3. The largest absolute Gasteiger partial charge is 0.452 e. The molecular weight excluding hydrogens is 365 g/mol. The Kier molecular flexibility index (Phi) is 5.27. The third-order valence-electron chi connectivity index (χ3n) is 8.87. The van der Waals surface area contributed by atoms with Gasteiger partial charge < -0.3 is 4.74 Å². The molecule has 0 aromatic rings. The maximum atomic E-state index is 14.8. The van der Waals surface area contributed by atoms with Gasteiger partial charge in [-0.2, -0.15) is 8.78 Å². The summed E-state index contributed by atoms with van der Waals surface area (Å²) >= 11 is 0. The molecule has 0 saturated heterocycles. The van der Waals surface area contributed by atoms with Crippen molar-refractivity contribution >= 4 is 5.97 Å². The molecule has 5 aliphatic rings. The topological polar surface area (TPSA) is 26.3 Å². The van der Waals surface area contributed by atoms with Crippen molar-refractivity contribution in [3.63, 3.8) is 0 Å². The zero-order chi connectivity index (χ0) is 20.2. The summed E-state index contributed by atoms with van der Waals surface area (Å²) in [6.07, 6.45) is 7.28. The van der Waals surface area contributed by atoms with E-state index in [0.717, 1.165) is 37.5 Å². The lowest BCUT2D eigenvalue weighted by Crippen LogP contribution is -2.68. The highest BCUT2D eigenvalue weighted by Gasteiger charge is 2.72. The van der Waals surface area contributed by atoms with Gasteiger partial charge in [0, 0.05) is 5.41 Å². The molecule has 0 aromatic heterocycles. The van der Waals surface area contributed by atoms with Crippen molar-refractivity contribution in [2.24, 2.45) is 29.1 Å². The quantitative estimate of drug-likeness (QED) is 0.508. The Hall–Kier alpha value is -0.740. The highest BCUT2D eigenvalue weighted by Crippen LogP contribution is 2.62. The van der Waals surface area contributed by atoms with Gasteiger partial charge >= 0.3 is 11.9 Å². The number of ether oxygens (including phenoxy) is 1. The van der Waals surface area contributed by atoms with E-state index in [9.17, 15) is 18.0 Å². The van der Waals surface area contributed by atoms with Gasteiger partial charge in [-0.25, -0.2) is 4.39 Å². The number of halogens is 3. The lowest BCUT2D eigenvalue weighted by atomic mass is 9.56. The molecule has 1 atom stereocenters. The Labute approximate surface area is 167 Å². The molecule has 5 rings (SSSR count). The molecular formula is C23H35F3O2. The molecule has 2 bridgehead atoms. The van der Waals surface area contributed by atoms with Gasteiger partial charge in [0.25, 0.3) is 0 Å². The van der Waals surface area contributed by atoms with Crippen LogP contribution in [-0.2, 0) is 9.53 Å². The van der Waals surface area contributed by atoms with E-state index in [1.54, 1.807) is 6.92 Å². The maximum Gasteiger partial charge on any atom is 0.317 e. The van der Waals surface area contributed by atoms with Gasteiger partial charge in [0.05, 0.1) is 5.92 Å². The Morgan fingerprint density at radius 1 is 0.857 bits per heavy atom. The zero-order valence-corrected chi connectivity index (χ0v) is 17.3. The van der Waals surface area contributed by atoms with Crippen molar-refractivity contribution in [3.8, 4) is 0 Å². The van der Waals surface area contributed by atoms with E-state index >= 15 is 0 Å². The molecule has 0 heterocycles. The lowest BCUT2D eigenvalue weighted by Gasteiger charge is -2.57. The fourth-order valence-corrected chi connectivity index (χ4v) is 6.51. The van der Waals surface area contributed by atoms with Gasteiger partial charge in [0.1, 0.15) is 0 Å². The summed E-state index contributed by atoms with van der Waals surface area (Å²) < 4.78 is 49.6. The second-order valence-electron chi connectivity index (χ2n) is 10.7. The van der Waals surface area contributed by atoms with Crippen molar-refractivity contribution in [1.82, 2.24) is 0 Å². The first-order chi connectivity index (χ1) is 13.2. The van der Waals surface area contributed by atoms with Crippen molar-refractivity contribution in [1.29, 1.82) is 0 Å². The van der Waals surface area contributed by atoms with Crippen molar-refractivity contribution in [2.45, 2.75) is 109 Å². The average Bonchev–Trinajstić information content (AvgIpc) is 2.69. The van der Waals surface area contributed by atoms with Crippen molar-refractivity contribution < 1.29 is 22.7 Å². The number of rotatable bonds is 3. The predicted molar refractivity (Wildman–Crippen MR) is 102 cm³/mol. The van der Waals surface area contributed by atoms with Crippen LogP contribution >= 0.6 is 0 Å². The van der Waals surface area contributed by atoms with Crippen LogP contribution in [0.3, 0.4) is 0 Å². The summed E-state index contributed by atoms with van der Waals surface area (Å²) in [5.74, 6) is -2.13. The maximum absolute atomic E-state index is 14.8. The van der Waals surface area contributed by atoms with Crippen molar-refractivity contribution in [2.75, 3.05) is 0 Å². The van der Waals surface area contributed by atoms with Gasteiger partial charge in [-0.05, 0) is 82.0 Å². The molecule has 0 amide bonds. The molecule has 1 unspecified atom stereocenters. The molecule has 0 spiro atoms. The second-order valence-corrected chi connectivity index (χ2v) is 10.7. The Balaban J connectivity index is 1.35. The standard InChI is InChI=1S/C23H35F3O2/c1-15-3-5-16(6-4-15)17-7-9-18(10-8-17)19(27)28-22-13-11-21(2,12-14-22)20(24)23(22,25)26/h15-18,20H,3-14H2,1-2H3. The summed E-state index contributed by atoms with van der Waals surface area (Å²) in [6, 6.07) is 0. The molecule has 5 heteroatoms. The highest BCUT2D eigenvalue weighted by molar-refractivity contribution is 5.73. The van der Waals surface area contributed by atoms with Gasteiger partial charge in [-0.3, -0.25) is 4.79 Å². The minimum atomic E-state index is -3.58. The van der Waals surface area contributed by atoms with Crippen molar-refractivity contribution in [3.05, 3.63) is 0 Å². The molecule has 2 nitrogen and oxygen atoms in total. The summed E-state index contributed by atoms with van der Waals surface area (Å²) in [5.41, 5.74) is -2.90. The molecule has 28 heavy (non-hydrogen) atoms. The van der Waals surface area contributed by atoms with Gasteiger partial charge in [-0.15, -0.1) is 0 Å². The van der Waals surface area contributed by atoms with Gasteiger partial charge in [0.2, 0.25) is 0 Å². The monoisotopic (exact) mass is 400 g/mol. The molecule has 0 N–H and O–H groups in total. The predicted octanol–water partition coefficient (Wildman–Crippen LogP) is 6.47. The molecule has 5 aliphatic carbocycles. The molecule has 5 fully saturated rings. The first-order valence-corrected chi connectivity index (χ1v) is 11.4. The normalized spacial score (nSPS) is 48.2. The van der Waals surface area contributed by atoms with Crippen LogP contribution in [0.25, 0.3) is 0 Å². The smallest absolute Gasteiger partial charge is 0.317 e. The fourth-order valence-electron chi connectivity index (χ4n) is 6.51. The van der Waals surface area contributed by atoms with Crippen LogP contribution in [0.15, 0.2) is 0 Å². The zero-order valence-electron chi connectivity index (χ0n) is 17.3. The van der Waals surface area contributed by atoms with Gasteiger partial charge in [-0.1, -0.05) is 26.7 Å². The lowest BCUT2D eigenvalue weighted by molar-refractivity contribution is -0.302. The number of fused-ring (bicyclic) bond motifs is 3. The van der Waals surface area contributed by atoms with E-state index in [4.69, 9.17) is 4.74 Å². The Bertz CT molecular complexity index is 581. The number of carbonyl (C=O) groups excluding carboxylic acids is 1. The third-order valence-corrected chi connectivity index (χ3v) is 8.87. The van der Waals surface area contributed by atoms with Gasteiger partial charge in [0.15, 0.2) is 11.8 Å². The summed E-state index contributed by atoms with van der Waals surface area (Å²) in [6.45, 7) is 3.92. The van der Waals surface area contributed by atoms with Crippen LogP contribution in [-0.4, -0.2) is 23.7 Å². The molecule has 160 valence electrons. The van der Waals surface area contributed by atoms with E-state index in [1.807, 2.05) is 0 Å². The minimum absolute atomic E-state index is 0.0816. The number of carbonyl (C=O) groups is 1. The SMILES string of the molecule is CC1CCC(C2CCC(C(=O)OC34CCC(C)(CC3)C(F)C4(F)F)CC2)CC1. The summed E-state index contributed by atoms with van der Waals surface area (Å²) in [7, 11) is 0. The summed E-state index contributed by atoms with van der Waals surface area (Å²) in [4.78, 5) is 12.8. The molecule has 5 saturated carbocycles. The Morgan fingerprint density at radius 2 is 1.36 bits per heavy atom. The first-order valence-electron chi connectivity index (χ1n) is 11.4. The third kappa shape index (κ3) is 3.29. The van der Waals surface area contributed by atoms with E-state index in [-0.39, 0.29) is 18.8 Å². The molecule has 0 aromatic carbocycles. The van der Waals surface area contributed by atoms with E-state index < -0.39 is 29.1 Å². The van der Waals surface area contributed by atoms with E-state index in [0.29, 0.717) is 18.8 Å². The first kappa shape index (κ1) is 20.5. The second kappa shape index (κ2) is 7.19. The van der Waals surface area contributed by atoms with Crippen LogP contribution in [0, 0.1) is 29.1 Å². The van der Waals surface area contributed by atoms with E-state index in [2.05, 4.69) is 6.92 Å². The van der Waals surface area contributed by atoms with E-state index in [1.165, 1.54) is 25.7 Å². The summed E-state index contributed by atoms with van der Waals surface area (Å²) in [5, 5.41) is 0. The van der Waals surface area contributed by atoms with Crippen LogP contribution in [0.1, 0.15) is 90.9 Å². The number of esters is 1. The number of hydrogen-bond acceptors (Lipinski definition) is 2. The van der Waals surface area contributed by atoms with Crippen LogP contribution in [0.5, 0.6) is 0 Å². The Morgan fingerprint density at radius 3 is 1.89 bits per heavy atom. The molecule has 0 radical (unpaired) electrons. The fraction of sp³-hybridized carbons (Fsp3) is 0.957. The van der Waals surface area contributed by atoms with Crippen LogP contribution in [0.2, 0.25) is 0 Å². The minimum Gasteiger partial charge on any atom is -0.452 e. The highest BCUT2D eigenvalue weighted by atomic mass is 19.3.